The Bertz CT molecular complexity index is 728. The number of nitrogens with zero attached hydrogens (tertiary/aromatic N) is 2. The summed E-state index contributed by atoms with van der Waals surface area (Å²) in [5.74, 6) is -1.49. The van der Waals surface area contributed by atoms with Crippen molar-refractivity contribution < 1.29 is 31.1 Å². The molecule has 0 aliphatic rings. The maximum absolute atomic E-state index is 12.6. The second kappa shape index (κ2) is 6.97. The molecule has 0 radical (unpaired) electrons. The van der Waals surface area contributed by atoms with Gasteiger partial charge in [-0.2, -0.15) is 26.3 Å². The molecule has 0 saturated carbocycles. The van der Waals surface area contributed by atoms with E-state index in [2.05, 4.69) is 14.9 Å². The van der Waals surface area contributed by atoms with E-state index >= 15 is 0 Å². The van der Waals surface area contributed by atoms with Gasteiger partial charge < -0.3 is 5.32 Å². The number of anilines is 1. The van der Waals surface area contributed by atoms with Gasteiger partial charge in [0.15, 0.2) is 0 Å². The minimum atomic E-state index is -4.58. The summed E-state index contributed by atoms with van der Waals surface area (Å²) in [6, 6.07) is 3.88. The number of carbonyl (C=O) groups excluding carboxylic acids is 1. The van der Waals surface area contributed by atoms with Crippen LogP contribution in [-0.2, 0) is 11.9 Å². The first-order valence-corrected chi connectivity index (χ1v) is 7.83. The van der Waals surface area contributed by atoms with Crippen LogP contribution in [-0.4, -0.2) is 21.0 Å². The Kier molecular flexibility index (Phi) is 5.38. The van der Waals surface area contributed by atoms with Gasteiger partial charge in [0.1, 0.15) is 4.88 Å². The number of aromatic nitrogens is 2. The molecule has 1 heterocycles. The third-order valence-corrected chi connectivity index (χ3v) is 4.09. The standard InChI is InChI=1S/C12H7F6N3OS2/c13-11(14,15)6-2-1-3-7(4-6)19-10(22)9-8(20-21-24-9)5-23-12(16,17)18/h1-4H,5H2,(H,19,22). The molecular formula is C12H7F6N3OS2. The molecule has 4 nitrogen and oxygen atoms in total. The van der Waals surface area contributed by atoms with Gasteiger partial charge in [-0.3, -0.25) is 4.79 Å². The fourth-order valence-corrected chi connectivity index (χ4v) is 2.75. The number of alkyl halides is 6. The number of hydrogen-bond donors (Lipinski definition) is 1. The highest BCUT2D eigenvalue weighted by atomic mass is 32.2. The van der Waals surface area contributed by atoms with Crippen molar-refractivity contribution in [3.8, 4) is 0 Å². The van der Waals surface area contributed by atoms with Crippen LogP contribution in [0.4, 0.5) is 32.0 Å². The molecular weight excluding hydrogens is 380 g/mol. The van der Waals surface area contributed by atoms with Crippen LogP contribution in [0.15, 0.2) is 24.3 Å². The molecule has 0 bridgehead atoms. The molecule has 12 heteroatoms. The van der Waals surface area contributed by atoms with Crippen LogP contribution in [0.25, 0.3) is 0 Å². The summed E-state index contributed by atoms with van der Waals surface area (Å²) in [6.07, 6.45) is -4.58. The second-order valence-electron chi connectivity index (χ2n) is 4.32. The smallest absolute Gasteiger partial charge is 0.321 e. The molecule has 0 fully saturated rings. The van der Waals surface area contributed by atoms with Crippen LogP contribution in [0.1, 0.15) is 20.9 Å². The lowest BCUT2D eigenvalue weighted by atomic mass is 10.2. The lowest BCUT2D eigenvalue weighted by molar-refractivity contribution is -0.137. The lowest BCUT2D eigenvalue weighted by Gasteiger charge is -2.09. The number of thioether (sulfide) groups is 1. The van der Waals surface area contributed by atoms with E-state index in [1.54, 1.807) is 0 Å². The van der Waals surface area contributed by atoms with Crippen LogP contribution in [0.5, 0.6) is 0 Å². The fraction of sp³-hybridized carbons (Fsp3) is 0.250. The molecule has 0 aliphatic heterocycles. The number of hydrogen-bond acceptors (Lipinski definition) is 5. The van der Waals surface area contributed by atoms with Crippen LogP contribution >= 0.6 is 23.3 Å². The largest absolute Gasteiger partial charge is 0.442 e. The van der Waals surface area contributed by atoms with E-state index in [9.17, 15) is 31.1 Å². The van der Waals surface area contributed by atoms with Crippen LogP contribution in [0, 0.1) is 0 Å². The Labute approximate surface area is 139 Å². The van der Waals surface area contributed by atoms with E-state index in [0.29, 0.717) is 11.5 Å². The molecule has 0 aliphatic carbocycles. The minimum absolute atomic E-state index is 0.141. The van der Waals surface area contributed by atoms with Crippen molar-refractivity contribution in [3.63, 3.8) is 0 Å². The molecule has 2 aromatic rings. The van der Waals surface area contributed by atoms with Gasteiger partial charge in [0, 0.05) is 11.4 Å². The Morgan fingerprint density at radius 1 is 1.21 bits per heavy atom. The predicted molar refractivity (Wildman–Crippen MR) is 76.7 cm³/mol. The van der Waals surface area contributed by atoms with Gasteiger partial charge in [0.25, 0.3) is 5.91 Å². The molecule has 130 valence electrons. The van der Waals surface area contributed by atoms with E-state index in [4.69, 9.17) is 0 Å². The molecule has 1 amide bonds. The molecule has 1 N–H and O–H groups in total. The van der Waals surface area contributed by atoms with Crippen molar-refractivity contribution in [2.75, 3.05) is 5.32 Å². The molecule has 0 atom stereocenters. The summed E-state index contributed by atoms with van der Waals surface area (Å²) in [5, 5.41) is 5.64. The van der Waals surface area contributed by atoms with Gasteiger partial charge >= 0.3 is 11.7 Å². The number of nitrogens with one attached hydrogen (secondary N) is 1. The molecule has 0 spiro atoms. The summed E-state index contributed by atoms with van der Waals surface area (Å²) in [7, 11) is 0. The molecule has 1 aromatic heterocycles. The Balaban J connectivity index is 2.12. The maximum Gasteiger partial charge on any atom is 0.442 e. The zero-order chi connectivity index (χ0) is 18.0. The first-order chi connectivity index (χ1) is 11.1. The Morgan fingerprint density at radius 2 is 1.92 bits per heavy atom. The van der Waals surface area contributed by atoms with Gasteiger partial charge in [-0.05, 0) is 41.5 Å². The molecule has 24 heavy (non-hydrogen) atoms. The van der Waals surface area contributed by atoms with Crippen LogP contribution in [0.2, 0.25) is 0 Å². The van der Waals surface area contributed by atoms with E-state index < -0.39 is 28.9 Å². The normalized spacial score (nSPS) is 12.2. The summed E-state index contributed by atoms with van der Waals surface area (Å²) in [4.78, 5) is 11.8. The highest BCUT2D eigenvalue weighted by molar-refractivity contribution is 7.99. The molecule has 0 saturated heterocycles. The molecule has 2 rings (SSSR count). The SMILES string of the molecule is O=C(Nc1cccc(C(F)(F)F)c1)c1snnc1CSC(F)(F)F. The monoisotopic (exact) mass is 387 g/mol. The topological polar surface area (TPSA) is 54.9 Å². The van der Waals surface area contributed by atoms with E-state index in [0.717, 1.165) is 18.2 Å². The highest BCUT2D eigenvalue weighted by Crippen LogP contribution is 2.34. The van der Waals surface area contributed by atoms with Crippen molar-refractivity contribution in [2.45, 2.75) is 17.4 Å². The van der Waals surface area contributed by atoms with Crippen molar-refractivity contribution in [2.24, 2.45) is 0 Å². The van der Waals surface area contributed by atoms with Crippen LogP contribution < -0.4 is 5.32 Å². The highest BCUT2D eigenvalue weighted by Gasteiger charge is 2.31. The summed E-state index contributed by atoms with van der Waals surface area (Å²) in [6.45, 7) is 0. The lowest BCUT2D eigenvalue weighted by Crippen LogP contribution is -2.14. The van der Waals surface area contributed by atoms with Gasteiger partial charge in [-0.15, -0.1) is 5.10 Å². The van der Waals surface area contributed by atoms with Gasteiger partial charge in [-0.1, -0.05) is 10.6 Å². The third-order valence-electron chi connectivity index (χ3n) is 2.58. The van der Waals surface area contributed by atoms with Crippen molar-refractivity contribution in [3.05, 3.63) is 40.4 Å². The zero-order valence-corrected chi connectivity index (χ0v) is 13.0. The fourth-order valence-electron chi connectivity index (χ4n) is 1.59. The summed E-state index contributed by atoms with van der Waals surface area (Å²) >= 11 is 0.172. The number of amides is 1. The Hall–Kier alpha value is -1.82. The van der Waals surface area contributed by atoms with Crippen LogP contribution in [0.3, 0.4) is 0 Å². The van der Waals surface area contributed by atoms with E-state index in [1.807, 2.05) is 0 Å². The minimum Gasteiger partial charge on any atom is -0.321 e. The van der Waals surface area contributed by atoms with Gasteiger partial charge in [0.05, 0.1) is 11.3 Å². The quantitative estimate of drug-likeness (QED) is 0.782. The average molecular weight is 387 g/mol. The maximum atomic E-state index is 12.6. The van der Waals surface area contributed by atoms with E-state index in [-0.39, 0.29) is 28.0 Å². The third kappa shape index (κ3) is 5.09. The van der Waals surface area contributed by atoms with Crippen molar-refractivity contribution in [1.82, 2.24) is 9.59 Å². The van der Waals surface area contributed by atoms with Gasteiger partial charge in [0.2, 0.25) is 0 Å². The number of rotatable bonds is 4. The van der Waals surface area contributed by atoms with Crippen molar-refractivity contribution in [1.29, 1.82) is 0 Å². The predicted octanol–water partition coefficient (Wildman–Crippen LogP) is 4.56. The first-order valence-electron chi connectivity index (χ1n) is 6.07. The number of benzene rings is 1. The zero-order valence-electron chi connectivity index (χ0n) is 11.4. The van der Waals surface area contributed by atoms with Crippen molar-refractivity contribution >= 4 is 34.9 Å². The Morgan fingerprint density at radius 3 is 2.54 bits per heavy atom. The average Bonchev–Trinajstić information content (AvgIpc) is 2.92. The number of carbonyl (C=O) groups is 1. The van der Waals surface area contributed by atoms with E-state index in [1.165, 1.54) is 6.07 Å². The summed E-state index contributed by atoms with van der Waals surface area (Å²) in [5.41, 5.74) is -5.79. The molecule has 0 unspecified atom stereocenters. The molecule has 1 aromatic carbocycles. The summed E-state index contributed by atoms with van der Waals surface area (Å²) < 4.78 is 77.8. The number of halogens is 6. The first kappa shape index (κ1) is 18.5. The second-order valence-corrected chi connectivity index (χ2v) is 6.11. The van der Waals surface area contributed by atoms with Gasteiger partial charge in [-0.25, -0.2) is 0 Å².